The van der Waals surface area contributed by atoms with E-state index in [1.54, 1.807) is 0 Å². The molecule has 1 N–H and O–H groups in total. The van der Waals surface area contributed by atoms with Crippen molar-refractivity contribution in [3.8, 4) is 5.75 Å². The van der Waals surface area contributed by atoms with Crippen LogP contribution in [0.4, 0.5) is 0 Å². The van der Waals surface area contributed by atoms with Gasteiger partial charge in [-0.25, -0.2) is 0 Å². The second kappa shape index (κ2) is 6.43. The van der Waals surface area contributed by atoms with E-state index in [9.17, 15) is 14.7 Å². The van der Waals surface area contributed by atoms with Gasteiger partial charge in [-0.05, 0) is 27.5 Å². The van der Waals surface area contributed by atoms with Crippen LogP contribution in [0, 0.1) is 0 Å². The first-order chi connectivity index (χ1) is 10.9. The maximum atomic E-state index is 11.6. The van der Waals surface area contributed by atoms with E-state index >= 15 is 0 Å². The summed E-state index contributed by atoms with van der Waals surface area (Å²) in [6, 6.07) is 4.00. The quantitative estimate of drug-likeness (QED) is 0.658. The van der Waals surface area contributed by atoms with Crippen molar-refractivity contribution in [2.24, 2.45) is 0 Å². The molecule has 1 aliphatic rings. The summed E-state index contributed by atoms with van der Waals surface area (Å²) in [4.78, 5) is 22.8. The molecule has 1 saturated heterocycles. The van der Waals surface area contributed by atoms with Crippen molar-refractivity contribution >= 4 is 23.7 Å². The number of thioether (sulfide) groups is 1. The molecule has 4 nitrogen and oxygen atoms in total. The summed E-state index contributed by atoms with van der Waals surface area (Å²) >= 11 is 1.42. The Morgan fingerprint density at radius 3 is 1.96 bits per heavy atom. The lowest BCUT2D eigenvalue weighted by atomic mass is 9.78. The monoisotopic (exact) mass is 350 g/mol. The third-order valence-electron chi connectivity index (χ3n) is 4.07. The van der Waals surface area contributed by atoms with Crippen LogP contribution in [-0.4, -0.2) is 22.3 Å². The van der Waals surface area contributed by atoms with E-state index < -0.39 is 17.2 Å². The Kier molecular flexibility index (Phi) is 5.05. The average molecular weight is 350 g/mol. The number of benzene rings is 1. The number of phenols is 1. The number of ether oxygens (including phenoxy) is 1. The lowest BCUT2D eigenvalue weighted by Gasteiger charge is -2.28. The normalized spacial score (nSPS) is 18.8. The van der Waals surface area contributed by atoms with Crippen LogP contribution in [-0.2, 0) is 30.9 Å². The minimum atomic E-state index is -0.450. The maximum absolute atomic E-state index is 11.6. The highest BCUT2D eigenvalue weighted by Gasteiger charge is 2.34. The predicted molar refractivity (Wildman–Crippen MR) is 96.3 cm³/mol. The molecule has 1 aromatic rings. The number of esters is 2. The lowest BCUT2D eigenvalue weighted by molar-refractivity contribution is -0.151. The van der Waals surface area contributed by atoms with Crippen molar-refractivity contribution < 1.29 is 19.4 Å². The largest absolute Gasteiger partial charge is 0.507 e. The van der Waals surface area contributed by atoms with Gasteiger partial charge in [0.1, 0.15) is 11.0 Å². The highest BCUT2D eigenvalue weighted by atomic mass is 32.2. The minimum Gasteiger partial charge on any atom is -0.507 e. The van der Waals surface area contributed by atoms with Crippen LogP contribution in [0.15, 0.2) is 12.1 Å². The van der Waals surface area contributed by atoms with Crippen molar-refractivity contribution in [2.75, 3.05) is 0 Å². The van der Waals surface area contributed by atoms with Gasteiger partial charge in [-0.3, -0.25) is 9.59 Å². The fourth-order valence-electron chi connectivity index (χ4n) is 2.70. The van der Waals surface area contributed by atoms with Gasteiger partial charge >= 0.3 is 11.9 Å². The summed E-state index contributed by atoms with van der Waals surface area (Å²) in [7, 11) is 0. The van der Waals surface area contributed by atoms with Gasteiger partial charge in [0.25, 0.3) is 0 Å². The molecule has 0 bridgehead atoms. The molecule has 1 aliphatic heterocycles. The molecule has 0 saturated carbocycles. The van der Waals surface area contributed by atoms with Gasteiger partial charge in [-0.15, -0.1) is 11.8 Å². The van der Waals surface area contributed by atoms with Crippen LogP contribution in [0.5, 0.6) is 5.75 Å². The molecule has 0 amide bonds. The average Bonchev–Trinajstić information content (AvgIpc) is 2.73. The van der Waals surface area contributed by atoms with Crippen LogP contribution >= 0.6 is 11.8 Å². The van der Waals surface area contributed by atoms with Gasteiger partial charge in [0.05, 0.1) is 6.42 Å². The second-order valence-electron chi connectivity index (χ2n) is 8.34. The van der Waals surface area contributed by atoms with E-state index in [0.717, 1.165) is 16.7 Å². The van der Waals surface area contributed by atoms with Gasteiger partial charge in [-0.1, -0.05) is 53.7 Å². The molecule has 0 aliphatic carbocycles. The first kappa shape index (κ1) is 18.8. The molecular formula is C19H26O4S. The number of hydrogen-bond acceptors (Lipinski definition) is 5. The summed E-state index contributed by atoms with van der Waals surface area (Å²) in [5.41, 5.74) is 2.46. The van der Waals surface area contributed by atoms with E-state index in [-0.39, 0.29) is 17.3 Å². The van der Waals surface area contributed by atoms with Gasteiger partial charge in [0, 0.05) is 5.75 Å². The lowest BCUT2D eigenvalue weighted by Crippen LogP contribution is -2.18. The molecule has 1 unspecified atom stereocenters. The van der Waals surface area contributed by atoms with Crippen molar-refractivity contribution in [1.29, 1.82) is 0 Å². The number of phenolic OH excluding ortho intramolecular Hbond substituents is 1. The van der Waals surface area contributed by atoms with E-state index in [1.165, 1.54) is 11.8 Å². The minimum absolute atomic E-state index is 0.139. The summed E-state index contributed by atoms with van der Waals surface area (Å²) in [5, 5.41) is 10.3. The Bertz CT molecular complexity index is 630. The van der Waals surface area contributed by atoms with Gasteiger partial charge < -0.3 is 9.84 Å². The van der Waals surface area contributed by atoms with E-state index in [4.69, 9.17) is 0 Å². The number of carbonyl (C=O) groups excluding carboxylic acids is 2. The number of hydrogen-bond donors (Lipinski definition) is 1. The van der Waals surface area contributed by atoms with Crippen LogP contribution < -0.4 is 0 Å². The zero-order valence-corrected chi connectivity index (χ0v) is 16.0. The second-order valence-corrected chi connectivity index (χ2v) is 9.53. The number of rotatable bonds is 3. The Hall–Kier alpha value is -1.49. The van der Waals surface area contributed by atoms with Crippen LogP contribution in [0.25, 0.3) is 0 Å². The Balaban J connectivity index is 2.33. The van der Waals surface area contributed by atoms with E-state index in [1.807, 2.05) is 12.1 Å². The molecule has 24 heavy (non-hydrogen) atoms. The van der Waals surface area contributed by atoms with Gasteiger partial charge in [-0.2, -0.15) is 0 Å². The highest BCUT2D eigenvalue weighted by molar-refractivity contribution is 7.99. The number of carbonyl (C=O) groups is 2. The Morgan fingerprint density at radius 1 is 1.08 bits per heavy atom. The molecule has 1 aromatic carbocycles. The zero-order valence-electron chi connectivity index (χ0n) is 15.2. The molecule has 132 valence electrons. The van der Waals surface area contributed by atoms with Crippen molar-refractivity contribution in [2.45, 2.75) is 69.8 Å². The number of aromatic hydroxyl groups is 1. The molecule has 0 radical (unpaired) electrons. The van der Waals surface area contributed by atoms with Crippen LogP contribution in [0.2, 0.25) is 0 Å². The molecule has 5 heteroatoms. The standard InChI is InChI=1S/C19H26O4S/c1-18(2,3)12-7-11(8-13(16(12)21)19(4,5)6)10-24-14-9-15(20)23-17(14)22/h7-8,14,21H,9-10H2,1-6H3. The fourth-order valence-corrected chi connectivity index (χ4v) is 3.70. The molecule has 2 rings (SSSR count). The van der Waals surface area contributed by atoms with Crippen LogP contribution in [0.1, 0.15) is 64.7 Å². The molecule has 1 heterocycles. The third kappa shape index (κ3) is 4.12. The van der Waals surface area contributed by atoms with Gasteiger partial charge in [0.15, 0.2) is 0 Å². The topological polar surface area (TPSA) is 63.6 Å². The van der Waals surface area contributed by atoms with Crippen molar-refractivity contribution in [3.05, 3.63) is 28.8 Å². The van der Waals surface area contributed by atoms with Crippen molar-refractivity contribution in [3.63, 3.8) is 0 Å². The smallest absolute Gasteiger partial charge is 0.327 e. The zero-order chi connectivity index (χ0) is 18.3. The highest BCUT2D eigenvalue weighted by Crippen LogP contribution is 2.40. The summed E-state index contributed by atoms with van der Waals surface area (Å²) in [6.07, 6.45) is 0.139. The SMILES string of the molecule is CC(C)(C)c1cc(CSC2CC(=O)OC2=O)cc(C(C)(C)C)c1O. The Morgan fingerprint density at radius 2 is 1.58 bits per heavy atom. The maximum Gasteiger partial charge on any atom is 0.327 e. The predicted octanol–water partition coefficient (Wildman–Crippen LogP) is 4.06. The number of cyclic esters (lactones) is 2. The summed E-state index contributed by atoms with van der Waals surface area (Å²) in [6.45, 7) is 12.4. The molecular weight excluding hydrogens is 324 g/mol. The fraction of sp³-hybridized carbons (Fsp3) is 0.579. The van der Waals surface area contributed by atoms with Gasteiger partial charge in [0.2, 0.25) is 0 Å². The first-order valence-corrected chi connectivity index (χ1v) is 9.17. The molecule has 0 aromatic heterocycles. The van der Waals surface area contributed by atoms with Crippen molar-refractivity contribution in [1.82, 2.24) is 0 Å². The summed E-state index contributed by atoms with van der Waals surface area (Å²) < 4.78 is 4.60. The van der Waals surface area contributed by atoms with E-state index in [2.05, 4.69) is 46.3 Å². The summed E-state index contributed by atoms with van der Waals surface area (Å²) in [5.74, 6) is 0.0449. The molecule has 0 spiro atoms. The Labute approximate surface area is 148 Å². The third-order valence-corrected chi connectivity index (χ3v) is 5.33. The van der Waals surface area contributed by atoms with E-state index in [0.29, 0.717) is 11.5 Å². The van der Waals surface area contributed by atoms with Crippen LogP contribution in [0.3, 0.4) is 0 Å². The molecule has 1 fully saturated rings. The first-order valence-electron chi connectivity index (χ1n) is 8.12. The molecule has 1 atom stereocenters.